The molecule has 0 radical (unpaired) electrons. The largest absolute Gasteiger partial charge is 0.441 e. The van der Waals surface area contributed by atoms with Crippen molar-refractivity contribution in [2.45, 2.75) is 27.3 Å². The number of nitrogens with zero attached hydrogens (tertiary/aromatic N) is 6. The second-order valence-corrected chi connectivity index (χ2v) is 7.88. The van der Waals surface area contributed by atoms with Crippen molar-refractivity contribution in [2.75, 3.05) is 0 Å². The molecule has 0 amide bonds. The molecule has 0 unspecified atom stereocenters. The van der Waals surface area contributed by atoms with Crippen LogP contribution in [-0.4, -0.2) is 30.1 Å². The van der Waals surface area contributed by atoms with Gasteiger partial charge in [-0.2, -0.15) is 4.98 Å². The summed E-state index contributed by atoms with van der Waals surface area (Å²) in [6.45, 7) is 6.24. The molecule has 8 nitrogen and oxygen atoms in total. The van der Waals surface area contributed by atoms with E-state index in [1.165, 1.54) is 5.56 Å². The van der Waals surface area contributed by atoms with Crippen LogP contribution in [-0.2, 0) is 6.54 Å². The lowest BCUT2D eigenvalue weighted by Crippen LogP contribution is -2.05. The molecule has 0 fully saturated rings. The molecule has 0 bridgehead atoms. The Kier molecular flexibility index (Phi) is 5.07. The van der Waals surface area contributed by atoms with Gasteiger partial charge in [-0.25, -0.2) is 9.67 Å². The van der Waals surface area contributed by atoms with Gasteiger partial charge in [0.15, 0.2) is 5.69 Å². The Morgan fingerprint density at radius 2 is 1.72 bits per heavy atom. The third kappa shape index (κ3) is 3.69. The van der Waals surface area contributed by atoms with Crippen LogP contribution in [0.1, 0.15) is 22.7 Å². The summed E-state index contributed by atoms with van der Waals surface area (Å²) in [5.41, 5.74) is 4.87. The Balaban J connectivity index is 1.41. The van der Waals surface area contributed by atoms with E-state index >= 15 is 0 Å². The highest BCUT2D eigenvalue weighted by Gasteiger charge is 2.20. The lowest BCUT2D eigenvalue weighted by molar-refractivity contribution is 0.430. The highest BCUT2D eigenvalue weighted by Crippen LogP contribution is 2.28. The molecule has 160 valence electrons. The first kappa shape index (κ1) is 20.1. The fourth-order valence-electron chi connectivity index (χ4n) is 3.32. The molecule has 0 atom stereocenters. The van der Waals surface area contributed by atoms with Gasteiger partial charge in [-0.3, -0.25) is 0 Å². The number of hydrogen-bond acceptors (Lipinski definition) is 7. The first-order valence-electron chi connectivity index (χ1n) is 10.0. The summed E-state index contributed by atoms with van der Waals surface area (Å²) in [5, 5.41) is 13.1. The van der Waals surface area contributed by atoms with E-state index in [0.29, 0.717) is 34.5 Å². The fraction of sp³-hybridized carbons (Fsp3) is 0.174. The van der Waals surface area contributed by atoms with Crippen LogP contribution in [0.4, 0.5) is 0 Å². The average Bonchev–Trinajstić information content (AvgIpc) is 3.49. The Morgan fingerprint density at radius 3 is 2.50 bits per heavy atom. The number of oxazole rings is 1. The number of aromatic nitrogens is 6. The van der Waals surface area contributed by atoms with Gasteiger partial charge >= 0.3 is 0 Å². The number of aryl methyl sites for hydroxylation is 2. The lowest BCUT2D eigenvalue weighted by atomic mass is 10.1. The first-order chi connectivity index (χ1) is 15.5. The van der Waals surface area contributed by atoms with Gasteiger partial charge in [-0.05, 0) is 45.0 Å². The minimum absolute atomic E-state index is 0.279. The van der Waals surface area contributed by atoms with Crippen molar-refractivity contribution in [2.24, 2.45) is 0 Å². The van der Waals surface area contributed by atoms with Gasteiger partial charge in [0.25, 0.3) is 5.89 Å². The topological polar surface area (TPSA) is 95.7 Å². The predicted molar refractivity (Wildman–Crippen MR) is 119 cm³/mol. The standard InChI is InChI=1S/C23H19ClN6O2/c1-13-8-10-16(11-9-13)22-25-19(15(3)31-22)12-30-14(2)20(27-29-30)23-26-21(28-32-23)17-6-4-5-7-18(17)24/h4-11H,12H2,1-3H3. The highest BCUT2D eigenvalue weighted by atomic mass is 35.5. The Morgan fingerprint density at radius 1 is 0.938 bits per heavy atom. The molecule has 2 aromatic carbocycles. The van der Waals surface area contributed by atoms with Crippen LogP contribution in [0, 0.1) is 20.8 Å². The molecule has 9 heteroatoms. The summed E-state index contributed by atoms with van der Waals surface area (Å²) < 4.78 is 13.0. The SMILES string of the molecule is Cc1ccc(-c2nc(Cn3nnc(-c4nc(-c5ccccc5Cl)no4)c3C)c(C)o2)cc1. The molecule has 0 aliphatic heterocycles. The van der Waals surface area contributed by atoms with Gasteiger partial charge in [0.05, 0.1) is 17.3 Å². The third-order valence-corrected chi connectivity index (χ3v) is 5.55. The van der Waals surface area contributed by atoms with E-state index in [0.717, 1.165) is 22.7 Å². The Bertz CT molecular complexity index is 1400. The van der Waals surface area contributed by atoms with E-state index in [1.54, 1.807) is 10.7 Å². The molecule has 3 aromatic heterocycles. The van der Waals surface area contributed by atoms with Crippen molar-refractivity contribution < 1.29 is 8.94 Å². The zero-order chi connectivity index (χ0) is 22.2. The maximum Gasteiger partial charge on any atom is 0.280 e. The zero-order valence-corrected chi connectivity index (χ0v) is 18.5. The van der Waals surface area contributed by atoms with Crippen LogP contribution in [0.5, 0.6) is 0 Å². The molecule has 0 saturated heterocycles. The average molecular weight is 447 g/mol. The van der Waals surface area contributed by atoms with Gasteiger partial charge in [0.1, 0.15) is 11.5 Å². The van der Waals surface area contributed by atoms with Gasteiger partial charge in [0.2, 0.25) is 11.7 Å². The molecule has 0 aliphatic rings. The fourth-order valence-corrected chi connectivity index (χ4v) is 3.54. The normalized spacial score (nSPS) is 11.2. The molecule has 0 aliphatic carbocycles. The first-order valence-corrected chi connectivity index (χ1v) is 10.4. The van der Waals surface area contributed by atoms with Crippen molar-refractivity contribution in [3.05, 3.63) is 76.3 Å². The van der Waals surface area contributed by atoms with Crippen LogP contribution in [0.15, 0.2) is 57.5 Å². The molecule has 5 rings (SSSR count). The predicted octanol–water partition coefficient (Wildman–Crippen LogP) is 5.28. The highest BCUT2D eigenvalue weighted by molar-refractivity contribution is 6.33. The summed E-state index contributed by atoms with van der Waals surface area (Å²) in [6.07, 6.45) is 0. The van der Waals surface area contributed by atoms with Crippen LogP contribution >= 0.6 is 11.6 Å². The maximum absolute atomic E-state index is 6.24. The molecule has 32 heavy (non-hydrogen) atoms. The lowest BCUT2D eigenvalue weighted by Gasteiger charge is -2.00. The van der Waals surface area contributed by atoms with Crippen molar-refractivity contribution in [3.8, 4) is 34.4 Å². The van der Waals surface area contributed by atoms with Crippen molar-refractivity contribution in [1.82, 2.24) is 30.1 Å². The minimum Gasteiger partial charge on any atom is -0.441 e. The van der Waals surface area contributed by atoms with Crippen molar-refractivity contribution in [1.29, 1.82) is 0 Å². The van der Waals surface area contributed by atoms with E-state index in [1.807, 2.05) is 63.2 Å². The van der Waals surface area contributed by atoms with Crippen LogP contribution in [0.3, 0.4) is 0 Å². The third-order valence-electron chi connectivity index (χ3n) is 5.22. The molecule has 0 saturated carbocycles. The van der Waals surface area contributed by atoms with Gasteiger partial charge in [-0.15, -0.1) is 5.10 Å². The molecule has 3 heterocycles. The van der Waals surface area contributed by atoms with E-state index in [4.69, 9.17) is 20.5 Å². The van der Waals surface area contributed by atoms with Crippen LogP contribution in [0.2, 0.25) is 5.02 Å². The quantitative estimate of drug-likeness (QED) is 0.362. The molecule has 0 N–H and O–H groups in total. The number of hydrogen-bond donors (Lipinski definition) is 0. The summed E-state index contributed by atoms with van der Waals surface area (Å²) >= 11 is 6.24. The maximum atomic E-state index is 6.24. The monoisotopic (exact) mass is 446 g/mol. The van der Waals surface area contributed by atoms with Gasteiger partial charge in [0, 0.05) is 11.1 Å². The van der Waals surface area contributed by atoms with Crippen molar-refractivity contribution >= 4 is 11.6 Å². The van der Waals surface area contributed by atoms with E-state index in [-0.39, 0.29) is 5.89 Å². The number of halogens is 1. The number of benzene rings is 2. The van der Waals surface area contributed by atoms with Gasteiger partial charge < -0.3 is 8.94 Å². The molecular weight excluding hydrogens is 428 g/mol. The second-order valence-electron chi connectivity index (χ2n) is 7.47. The molecule has 5 aromatic rings. The smallest absolute Gasteiger partial charge is 0.280 e. The van der Waals surface area contributed by atoms with E-state index < -0.39 is 0 Å². The molecule has 0 spiro atoms. The number of rotatable bonds is 5. The summed E-state index contributed by atoms with van der Waals surface area (Å²) in [4.78, 5) is 9.11. The Hall–Kier alpha value is -3.78. The van der Waals surface area contributed by atoms with Crippen LogP contribution < -0.4 is 0 Å². The van der Waals surface area contributed by atoms with Crippen LogP contribution in [0.25, 0.3) is 34.4 Å². The van der Waals surface area contributed by atoms with E-state index in [9.17, 15) is 0 Å². The summed E-state index contributed by atoms with van der Waals surface area (Å²) in [7, 11) is 0. The molecular formula is C23H19ClN6O2. The van der Waals surface area contributed by atoms with E-state index in [2.05, 4.69) is 25.4 Å². The summed E-state index contributed by atoms with van der Waals surface area (Å²) in [6, 6.07) is 15.4. The van der Waals surface area contributed by atoms with Gasteiger partial charge in [-0.1, -0.05) is 51.8 Å². The minimum atomic E-state index is 0.279. The summed E-state index contributed by atoms with van der Waals surface area (Å²) in [5.74, 6) is 1.99. The zero-order valence-electron chi connectivity index (χ0n) is 17.7. The van der Waals surface area contributed by atoms with Crippen molar-refractivity contribution in [3.63, 3.8) is 0 Å². The Labute approximate surface area is 188 Å². The second kappa shape index (κ2) is 8.05.